The first-order chi connectivity index (χ1) is 6.20. The number of hydrogen-bond donors (Lipinski definition) is 2. The molecule has 0 spiro atoms. The van der Waals surface area contributed by atoms with Crippen molar-refractivity contribution in [2.75, 3.05) is 6.61 Å². The van der Waals surface area contributed by atoms with Crippen molar-refractivity contribution in [3.8, 4) is 0 Å². The molecule has 1 unspecified atom stereocenters. The lowest BCUT2D eigenvalue weighted by atomic mass is 10.2. The Morgan fingerprint density at radius 2 is 2.23 bits per heavy atom. The minimum absolute atomic E-state index is 0.0211. The monoisotopic (exact) mass is 183 g/mol. The highest BCUT2D eigenvalue weighted by Gasteiger charge is 2.02. The zero-order valence-electron chi connectivity index (χ0n) is 8.16. The molecule has 0 radical (unpaired) electrons. The number of hydrogen-bond acceptors (Lipinski definition) is 2. The molecule has 0 aromatic carbocycles. The Morgan fingerprint density at radius 3 is 2.77 bits per heavy atom. The Bertz CT molecular complexity index is 197. The van der Waals surface area contributed by atoms with Gasteiger partial charge in [-0.2, -0.15) is 0 Å². The molecule has 3 heteroatoms. The van der Waals surface area contributed by atoms with Crippen LogP contribution >= 0.6 is 0 Å². The summed E-state index contributed by atoms with van der Waals surface area (Å²) in [7, 11) is 0. The van der Waals surface area contributed by atoms with Crippen molar-refractivity contribution in [3.63, 3.8) is 0 Å². The van der Waals surface area contributed by atoms with Gasteiger partial charge in [-0.25, -0.2) is 0 Å². The van der Waals surface area contributed by atoms with Gasteiger partial charge in [0.2, 0.25) is 5.91 Å². The summed E-state index contributed by atoms with van der Waals surface area (Å²) in [5.74, 6) is -0.126. The lowest BCUT2D eigenvalue weighted by molar-refractivity contribution is -0.117. The van der Waals surface area contributed by atoms with Crippen molar-refractivity contribution in [1.82, 2.24) is 5.32 Å². The number of amides is 1. The first-order valence-electron chi connectivity index (χ1n) is 4.41. The van der Waals surface area contributed by atoms with Crippen LogP contribution in [0.1, 0.15) is 20.3 Å². The SMILES string of the molecule is CC=CC=CC(=O)NC(C)CCO. The molecule has 0 heterocycles. The molecule has 0 saturated carbocycles. The van der Waals surface area contributed by atoms with E-state index in [1.807, 2.05) is 19.9 Å². The maximum Gasteiger partial charge on any atom is 0.244 e. The van der Waals surface area contributed by atoms with E-state index in [1.54, 1.807) is 12.2 Å². The quantitative estimate of drug-likeness (QED) is 0.493. The molecule has 0 aliphatic rings. The van der Waals surface area contributed by atoms with Crippen molar-refractivity contribution in [2.45, 2.75) is 26.3 Å². The van der Waals surface area contributed by atoms with Gasteiger partial charge in [-0.3, -0.25) is 4.79 Å². The van der Waals surface area contributed by atoms with Crippen molar-refractivity contribution in [3.05, 3.63) is 24.3 Å². The molecule has 0 fully saturated rings. The van der Waals surface area contributed by atoms with Crippen LogP contribution in [-0.2, 0) is 4.79 Å². The first kappa shape index (κ1) is 11.9. The van der Waals surface area contributed by atoms with Crippen molar-refractivity contribution in [1.29, 1.82) is 0 Å². The second-order valence-corrected chi connectivity index (χ2v) is 2.81. The average Bonchev–Trinajstić information content (AvgIpc) is 2.05. The third kappa shape index (κ3) is 7.28. The van der Waals surface area contributed by atoms with Gasteiger partial charge in [-0.15, -0.1) is 0 Å². The van der Waals surface area contributed by atoms with Crippen LogP contribution in [0, 0.1) is 0 Å². The highest BCUT2D eigenvalue weighted by atomic mass is 16.3. The standard InChI is InChI=1S/C10H17NO2/c1-3-4-5-6-10(13)11-9(2)7-8-12/h3-6,9,12H,7-8H2,1-2H3,(H,11,13). The van der Waals surface area contributed by atoms with Gasteiger partial charge in [0.15, 0.2) is 0 Å². The Balaban J connectivity index is 3.73. The molecule has 0 saturated heterocycles. The summed E-state index contributed by atoms with van der Waals surface area (Å²) in [4.78, 5) is 11.1. The number of allylic oxidation sites excluding steroid dienone is 3. The Kier molecular flexibility index (Phi) is 6.92. The number of carbonyl (C=O) groups excluding carboxylic acids is 1. The zero-order chi connectivity index (χ0) is 10.1. The Labute approximate surface area is 79.2 Å². The minimum atomic E-state index is -0.126. The predicted molar refractivity (Wildman–Crippen MR) is 53.3 cm³/mol. The molecular formula is C10H17NO2. The third-order valence-corrected chi connectivity index (χ3v) is 1.50. The number of nitrogens with one attached hydrogen (secondary N) is 1. The van der Waals surface area contributed by atoms with Crippen molar-refractivity contribution < 1.29 is 9.90 Å². The highest BCUT2D eigenvalue weighted by Crippen LogP contribution is 1.88. The van der Waals surface area contributed by atoms with Gasteiger partial charge >= 0.3 is 0 Å². The lowest BCUT2D eigenvalue weighted by Gasteiger charge is -2.09. The summed E-state index contributed by atoms with van der Waals surface area (Å²) in [6.45, 7) is 3.84. The maximum absolute atomic E-state index is 11.1. The fraction of sp³-hybridized carbons (Fsp3) is 0.500. The predicted octanol–water partition coefficient (Wildman–Crippen LogP) is 1.01. The smallest absolute Gasteiger partial charge is 0.244 e. The Morgan fingerprint density at radius 1 is 1.54 bits per heavy atom. The molecular weight excluding hydrogens is 166 g/mol. The molecule has 1 amide bonds. The van der Waals surface area contributed by atoms with Crippen LogP contribution in [0.4, 0.5) is 0 Å². The van der Waals surface area contributed by atoms with Gasteiger partial charge in [0, 0.05) is 18.7 Å². The number of carbonyl (C=O) groups is 1. The second-order valence-electron chi connectivity index (χ2n) is 2.81. The lowest BCUT2D eigenvalue weighted by Crippen LogP contribution is -2.31. The largest absolute Gasteiger partial charge is 0.396 e. The van der Waals surface area contributed by atoms with Gasteiger partial charge < -0.3 is 10.4 Å². The summed E-state index contributed by atoms with van der Waals surface area (Å²) >= 11 is 0. The molecule has 74 valence electrons. The summed E-state index contributed by atoms with van der Waals surface area (Å²) < 4.78 is 0. The second kappa shape index (κ2) is 7.55. The third-order valence-electron chi connectivity index (χ3n) is 1.50. The molecule has 0 aromatic rings. The summed E-state index contributed by atoms with van der Waals surface area (Å²) in [5.41, 5.74) is 0. The number of aliphatic hydroxyl groups excluding tert-OH is 1. The van der Waals surface area contributed by atoms with Crippen LogP contribution in [0.3, 0.4) is 0 Å². The molecule has 2 N–H and O–H groups in total. The minimum Gasteiger partial charge on any atom is -0.396 e. The molecule has 13 heavy (non-hydrogen) atoms. The van der Waals surface area contributed by atoms with E-state index in [2.05, 4.69) is 5.32 Å². The molecule has 0 aromatic heterocycles. The fourth-order valence-electron chi connectivity index (χ4n) is 0.811. The summed E-state index contributed by atoms with van der Waals surface area (Å²) in [5, 5.41) is 11.3. The zero-order valence-corrected chi connectivity index (χ0v) is 8.16. The van der Waals surface area contributed by atoms with Crippen LogP contribution in [0.25, 0.3) is 0 Å². The fourth-order valence-corrected chi connectivity index (χ4v) is 0.811. The Hall–Kier alpha value is -1.09. The van der Waals surface area contributed by atoms with E-state index in [4.69, 9.17) is 5.11 Å². The van der Waals surface area contributed by atoms with Crippen LogP contribution in [0.2, 0.25) is 0 Å². The normalized spacial score (nSPS) is 13.8. The van der Waals surface area contributed by atoms with Gasteiger partial charge in [-0.05, 0) is 20.3 Å². The van der Waals surface area contributed by atoms with E-state index in [1.165, 1.54) is 6.08 Å². The van der Waals surface area contributed by atoms with Crippen LogP contribution in [0.5, 0.6) is 0 Å². The van der Waals surface area contributed by atoms with Crippen LogP contribution in [0.15, 0.2) is 24.3 Å². The van der Waals surface area contributed by atoms with Crippen molar-refractivity contribution >= 4 is 5.91 Å². The van der Waals surface area contributed by atoms with Crippen LogP contribution in [-0.4, -0.2) is 23.7 Å². The highest BCUT2D eigenvalue weighted by molar-refractivity contribution is 5.87. The van der Waals surface area contributed by atoms with E-state index in [-0.39, 0.29) is 18.6 Å². The molecule has 0 aliphatic heterocycles. The average molecular weight is 183 g/mol. The maximum atomic E-state index is 11.1. The van der Waals surface area contributed by atoms with E-state index in [9.17, 15) is 4.79 Å². The molecule has 3 nitrogen and oxygen atoms in total. The molecule has 1 atom stereocenters. The van der Waals surface area contributed by atoms with E-state index in [0.29, 0.717) is 6.42 Å². The van der Waals surface area contributed by atoms with E-state index >= 15 is 0 Å². The van der Waals surface area contributed by atoms with Crippen LogP contribution < -0.4 is 5.32 Å². The molecule has 0 bridgehead atoms. The number of rotatable bonds is 5. The summed E-state index contributed by atoms with van der Waals surface area (Å²) in [6, 6.07) is 0.0211. The van der Waals surface area contributed by atoms with Gasteiger partial charge in [-0.1, -0.05) is 18.2 Å². The van der Waals surface area contributed by atoms with Gasteiger partial charge in [0.1, 0.15) is 0 Å². The summed E-state index contributed by atoms with van der Waals surface area (Å²) in [6.07, 6.45) is 7.37. The van der Waals surface area contributed by atoms with E-state index < -0.39 is 0 Å². The van der Waals surface area contributed by atoms with Gasteiger partial charge in [0.05, 0.1) is 0 Å². The molecule has 0 rings (SSSR count). The first-order valence-corrected chi connectivity index (χ1v) is 4.41. The molecule has 0 aliphatic carbocycles. The van der Waals surface area contributed by atoms with E-state index in [0.717, 1.165) is 0 Å². The number of aliphatic hydroxyl groups is 1. The topological polar surface area (TPSA) is 49.3 Å². The van der Waals surface area contributed by atoms with Gasteiger partial charge in [0.25, 0.3) is 0 Å². The van der Waals surface area contributed by atoms with Crippen molar-refractivity contribution in [2.24, 2.45) is 0 Å².